The fourth-order valence-corrected chi connectivity index (χ4v) is 2.20. The molecule has 2 heterocycles. The van der Waals surface area contributed by atoms with E-state index in [1.54, 1.807) is 0 Å². The van der Waals surface area contributed by atoms with E-state index in [2.05, 4.69) is 59.8 Å². The quantitative estimate of drug-likeness (QED) is 0.829. The fraction of sp³-hybridized carbons (Fsp3) is 0.533. The van der Waals surface area contributed by atoms with Crippen LogP contribution in [0.3, 0.4) is 0 Å². The molecule has 0 saturated carbocycles. The Balaban J connectivity index is 2.30. The summed E-state index contributed by atoms with van der Waals surface area (Å²) in [4.78, 5) is 9.20. The van der Waals surface area contributed by atoms with E-state index in [9.17, 15) is 0 Å². The normalized spacial score (nSPS) is 11.4. The molecule has 0 spiro atoms. The van der Waals surface area contributed by atoms with Gasteiger partial charge in [0.1, 0.15) is 5.65 Å². The van der Waals surface area contributed by atoms with Crippen molar-refractivity contribution in [2.75, 3.05) is 45.7 Å². The van der Waals surface area contributed by atoms with Gasteiger partial charge in [-0.1, -0.05) is 13.0 Å². The third kappa shape index (κ3) is 3.29. The molecule has 0 amide bonds. The molecule has 0 bridgehead atoms. The number of nitrogens with one attached hydrogen (secondary N) is 1. The zero-order valence-corrected chi connectivity index (χ0v) is 12.9. The number of hydrogen-bond acceptors (Lipinski definition) is 4. The van der Waals surface area contributed by atoms with Gasteiger partial charge in [0.2, 0.25) is 0 Å². The summed E-state index contributed by atoms with van der Waals surface area (Å²) >= 11 is 0. The molecule has 2 aromatic rings. The summed E-state index contributed by atoms with van der Waals surface area (Å²) in [6, 6.07) is 6.13. The fourth-order valence-electron chi connectivity index (χ4n) is 2.20. The van der Waals surface area contributed by atoms with Gasteiger partial charge < -0.3 is 19.5 Å². The second-order valence-electron chi connectivity index (χ2n) is 5.32. The van der Waals surface area contributed by atoms with Crippen LogP contribution in [0.5, 0.6) is 0 Å². The number of anilines is 1. The van der Waals surface area contributed by atoms with Gasteiger partial charge in [0.05, 0.1) is 5.69 Å². The van der Waals surface area contributed by atoms with Crippen molar-refractivity contribution in [1.29, 1.82) is 0 Å². The molecule has 0 aromatic carbocycles. The molecule has 2 rings (SSSR count). The summed E-state index contributed by atoms with van der Waals surface area (Å²) in [5.74, 6) is 1.07. The van der Waals surface area contributed by atoms with E-state index in [0.29, 0.717) is 0 Å². The number of likely N-dealkylation sites (N-methyl/N-ethyl adjacent to an activating group) is 2. The average molecular weight is 275 g/mol. The molecule has 2 aromatic heterocycles. The minimum Gasteiger partial charge on any atom is -0.357 e. The SMILES string of the molecule is CCNCc1c(N(C)CCN(C)C)nc2ccccn12. The number of rotatable bonds is 7. The molecule has 1 N–H and O–H groups in total. The third-order valence-electron chi connectivity index (χ3n) is 3.39. The standard InChI is InChI=1S/C15H25N5/c1-5-16-12-13-15(19(4)11-10-18(2)3)17-14-8-6-7-9-20(13)14/h6-9,16H,5,10-12H2,1-4H3. The zero-order chi connectivity index (χ0) is 14.5. The molecule has 0 fully saturated rings. The number of imidazole rings is 1. The van der Waals surface area contributed by atoms with E-state index in [1.807, 2.05) is 12.1 Å². The van der Waals surface area contributed by atoms with E-state index < -0.39 is 0 Å². The van der Waals surface area contributed by atoms with Crippen molar-refractivity contribution in [1.82, 2.24) is 19.6 Å². The first-order valence-corrected chi connectivity index (χ1v) is 7.16. The van der Waals surface area contributed by atoms with Crippen LogP contribution in [0.15, 0.2) is 24.4 Å². The Bertz CT molecular complexity index is 546. The lowest BCUT2D eigenvalue weighted by molar-refractivity contribution is 0.416. The van der Waals surface area contributed by atoms with E-state index in [0.717, 1.165) is 37.6 Å². The Morgan fingerprint density at radius 1 is 1.20 bits per heavy atom. The first-order valence-electron chi connectivity index (χ1n) is 7.16. The molecule has 0 aliphatic heterocycles. The van der Waals surface area contributed by atoms with Crippen molar-refractivity contribution in [3.63, 3.8) is 0 Å². The second kappa shape index (κ2) is 6.72. The van der Waals surface area contributed by atoms with Gasteiger partial charge in [-0.2, -0.15) is 0 Å². The minimum atomic E-state index is 0.837. The summed E-state index contributed by atoms with van der Waals surface area (Å²) < 4.78 is 2.17. The summed E-state index contributed by atoms with van der Waals surface area (Å²) in [7, 11) is 6.30. The Labute approximate surface area is 121 Å². The molecule has 0 radical (unpaired) electrons. The lowest BCUT2D eigenvalue weighted by Gasteiger charge is -2.20. The molecule has 20 heavy (non-hydrogen) atoms. The minimum absolute atomic E-state index is 0.837. The van der Waals surface area contributed by atoms with Gasteiger partial charge in [0, 0.05) is 32.9 Å². The maximum Gasteiger partial charge on any atom is 0.152 e. The first kappa shape index (κ1) is 14.8. The number of pyridine rings is 1. The van der Waals surface area contributed by atoms with Crippen LogP contribution < -0.4 is 10.2 Å². The van der Waals surface area contributed by atoms with E-state index in [-0.39, 0.29) is 0 Å². The lowest BCUT2D eigenvalue weighted by atomic mass is 10.3. The van der Waals surface area contributed by atoms with E-state index in [1.165, 1.54) is 5.69 Å². The zero-order valence-electron chi connectivity index (χ0n) is 12.9. The van der Waals surface area contributed by atoms with Crippen molar-refractivity contribution in [3.05, 3.63) is 30.1 Å². The summed E-state index contributed by atoms with van der Waals surface area (Å²) in [6.45, 7) is 5.91. The van der Waals surface area contributed by atoms with Crippen molar-refractivity contribution < 1.29 is 0 Å². The molecule has 0 unspecified atom stereocenters. The summed E-state index contributed by atoms with van der Waals surface area (Å²) in [5.41, 5.74) is 2.23. The monoisotopic (exact) mass is 275 g/mol. The predicted octanol–water partition coefficient (Wildman–Crippen LogP) is 1.44. The van der Waals surface area contributed by atoms with Crippen LogP contribution in [0.25, 0.3) is 5.65 Å². The Morgan fingerprint density at radius 2 is 2.00 bits per heavy atom. The summed E-state index contributed by atoms with van der Waals surface area (Å²) in [6.07, 6.45) is 2.08. The molecule has 5 heteroatoms. The molecular formula is C15H25N5. The highest BCUT2D eigenvalue weighted by atomic mass is 15.2. The van der Waals surface area contributed by atoms with E-state index in [4.69, 9.17) is 4.98 Å². The van der Waals surface area contributed by atoms with Crippen LogP contribution in [-0.4, -0.2) is 55.1 Å². The molecule has 0 aliphatic carbocycles. The molecule has 5 nitrogen and oxygen atoms in total. The van der Waals surface area contributed by atoms with Crippen LogP contribution in [0.2, 0.25) is 0 Å². The highest BCUT2D eigenvalue weighted by Crippen LogP contribution is 2.20. The lowest BCUT2D eigenvalue weighted by Crippen LogP contribution is -2.29. The second-order valence-corrected chi connectivity index (χ2v) is 5.32. The third-order valence-corrected chi connectivity index (χ3v) is 3.39. The van der Waals surface area contributed by atoms with Gasteiger partial charge in [-0.25, -0.2) is 4.98 Å². The average Bonchev–Trinajstić information content (AvgIpc) is 2.81. The van der Waals surface area contributed by atoms with Crippen LogP contribution in [-0.2, 0) is 6.54 Å². The highest BCUT2D eigenvalue weighted by Gasteiger charge is 2.15. The molecule has 110 valence electrons. The van der Waals surface area contributed by atoms with Crippen LogP contribution in [0.4, 0.5) is 5.82 Å². The maximum atomic E-state index is 4.77. The number of fused-ring (bicyclic) bond motifs is 1. The first-order chi connectivity index (χ1) is 9.63. The van der Waals surface area contributed by atoms with Gasteiger partial charge in [-0.15, -0.1) is 0 Å². The van der Waals surface area contributed by atoms with Crippen molar-refractivity contribution >= 4 is 11.5 Å². The largest absolute Gasteiger partial charge is 0.357 e. The van der Waals surface area contributed by atoms with Crippen LogP contribution >= 0.6 is 0 Å². The number of nitrogens with zero attached hydrogens (tertiary/aromatic N) is 4. The van der Waals surface area contributed by atoms with Gasteiger partial charge in [0.15, 0.2) is 5.82 Å². The van der Waals surface area contributed by atoms with Crippen LogP contribution in [0, 0.1) is 0 Å². The Kier molecular flexibility index (Phi) is 4.98. The van der Waals surface area contributed by atoms with Gasteiger partial charge in [-0.05, 0) is 32.8 Å². The molecule has 0 aliphatic rings. The Morgan fingerprint density at radius 3 is 2.70 bits per heavy atom. The molecule has 0 saturated heterocycles. The van der Waals surface area contributed by atoms with Crippen molar-refractivity contribution in [2.45, 2.75) is 13.5 Å². The van der Waals surface area contributed by atoms with Gasteiger partial charge in [0.25, 0.3) is 0 Å². The number of hydrogen-bond donors (Lipinski definition) is 1. The van der Waals surface area contributed by atoms with Gasteiger partial charge >= 0.3 is 0 Å². The maximum absolute atomic E-state index is 4.77. The molecule has 0 atom stereocenters. The highest BCUT2D eigenvalue weighted by molar-refractivity contribution is 5.55. The Hall–Kier alpha value is -1.59. The van der Waals surface area contributed by atoms with Gasteiger partial charge in [-0.3, -0.25) is 0 Å². The summed E-state index contributed by atoms with van der Waals surface area (Å²) in [5, 5.41) is 3.41. The molecular weight excluding hydrogens is 250 g/mol. The van der Waals surface area contributed by atoms with Crippen LogP contribution in [0.1, 0.15) is 12.6 Å². The van der Waals surface area contributed by atoms with E-state index >= 15 is 0 Å². The van der Waals surface area contributed by atoms with Crippen molar-refractivity contribution in [3.8, 4) is 0 Å². The number of aromatic nitrogens is 2. The van der Waals surface area contributed by atoms with Crippen molar-refractivity contribution in [2.24, 2.45) is 0 Å². The smallest absolute Gasteiger partial charge is 0.152 e. The topological polar surface area (TPSA) is 35.8 Å². The predicted molar refractivity (Wildman–Crippen MR) is 84.4 cm³/mol.